The van der Waals surface area contributed by atoms with Gasteiger partial charge >= 0.3 is 0 Å². The van der Waals surface area contributed by atoms with E-state index in [1.54, 1.807) is 4.70 Å². The molecule has 0 aromatic carbocycles. The van der Waals surface area contributed by atoms with Gasteiger partial charge < -0.3 is 10.2 Å². The van der Waals surface area contributed by atoms with E-state index in [2.05, 4.69) is 12.2 Å². The summed E-state index contributed by atoms with van der Waals surface area (Å²) in [6, 6.07) is 0.447. The zero-order chi connectivity index (χ0) is 8.89. The molecule has 3 aliphatic rings. The van der Waals surface area contributed by atoms with Gasteiger partial charge in [0.15, 0.2) is 11.6 Å². The van der Waals surface area contributed by atoms with Gasteiger partial charge in [-0.15, -0.1) is 0 Å². The molecule has 1 aliphatic carbocycles. The van der Waals surface area contributed by atoms with Crippen LogP contribution in [0.4, 0.5) is 0 Å². The average molecular weight is 176 g/mol. The fourth-order valence-electron chi connectivity index (χ4n) is 3.59. The third-order valence-electron chi connectivity index (χ3n) is 4.24. The molecule has 3 atom stereocenters. The van der Waals surface area contributed by atoms with Crippen molar-refractivity contribution >= 4 is 0 Å². The summed E-state index contributed by atoms with van der Waals surface area (Å²) in [5, 5.41) is 0. The van der Waals surface area contributed by atoms with Gasteiger partial charge in [0.05, 0.1) is 0 Å². The maximum Gasteiger partial charge on any atom is 0.163 e. The molecule has 3 unspecified atom stereocenters. The standard InChI is InChI=1S/C11H16N2/c12-13-10-6-4-8-11(13)7-3-1-2-5-9(10)11/h2,5,9-10H,1,3-4,6-8H2. The molecule has 0 N–H and O–H groups in total. The molecule has 2 saturated heterocycles. The topological polar surface area (TPSA) is 25.3 Å². The molecule has 0 amide bonds. The van der Waals surface area contributed by atoms with Crippen molar-refractivity contribution in [2.45, 2.75) is 50.1 Å². The summed E-state index contributed by atoms with van der Waals surface area (Å²) in [5.41, 5.74) is 10.1. The Hall–Kier alpha value is -0.660. The van der Waals surface area contributed by atoms with Crippen LogP contribution in [0.2, 0.25) is 0 Å². The van der Waals surface area contributed by atoms with Crippen LogP contribution in [0.3, 0.4) is 0 Å². The second-order valence-corrected chi connectivity index (χ2v) is 4.75. The summed E-state index contributed by atoms with van der Waals surface area (Å²) >= 11 is 0. The van der Waals surface area contributed by atoms with Crippen LogP contribution in [0.5, 0.6) is 0 Å². The minimum Gasteiger partial charge on any atom is -0.506 e. The zero-order valence-electron chi connectivity index (χ0n) is 7.95. The molecule has 2 heterocycles. The highest BCUT2D eigenvalue weighted by Gasteiger charge is 2.63. The van der Waals surface area contributed by atoms with Crippen LogP contribution < -0.4 is 0 Å². The number of allylic oxidation sites excluding steroid dienone is 1. The van der Waals surface area contributed by atoms with Gasteiger partial charge in [-0.1, -0.05) is 12.2 Å². The Morgan fingerprint density at radius 3 is 3.00 bits per heavy atom. The molecule has 0 radical (unpaired) electrons. The molecule has 2 nitrogen and oxygen atoms in total. The number of hydrogen-bond donors (Lipinski definition) is 0. The molecule has 13 heavy (non-hydrogen) atoms. The number of piperidine rings is 1. The van der Waals surface area contributed by atoms with Crippen molar-refractivity contribution in [1.29, 1.82) is 0 Å². The lowest BCUT2D eigenvalue weighted by Crippen LogP contribution is -2.68. The molecule has 2 heteroatoms. The third-order valence-corrected chi connectivity index (χ3v) is 4.24. The third kappa shape index (κ3) is 0.792. The maximum atomic E-state index is 9.94. The molecule has 70 valence electrons. The molecule has 0 aromatic heterocycles. The summed E-state index contributed by atoms with van der Waals surface area (Å²) in [4.78, 5) is 0. The van der Waals surface area contributed by atoms with E-state index < -0.39 is 0 Å². The van der Waals surface area contributed by atoms with Gasteiger partial charge in [-0.05, 0) is 19.3 Å². The lowest BCUT2D eigenvalue weighted by atomic mass is 9.60. The lowest BCUT2D eigenvalue weighted by Gasteiger charge is -2.56. The summed E-state index contributed by atoms with van der Waals surface area (Å²) in [7, 11) is 0. The van der Waals surface area contributed by atoms with Crippen LogP contribution >= 0.6 is 0 Å². The van der Waals surface area contributed by atoms with E-state index in [0.717, 1.165) is 0 Å². The van der Waals surface area contributed by atoms with Gasteiger partial charge in [0.1, 0.15) is 5.92 Å². The van der Waals surface area contributed by atoms with Crippen LogP contribution in [0.25, 0.3) is 5.53 Å². The van der Waals surface area contributed by atoms with Gasteiger partial charge in [-0.2, -0.15) is 0 Å². The molecular weight excluding hydrogens is 160 g/mol. The second kappa shape index (κ2) is 2.43. The van der Waals surface area contributed by atoms with Crippen molar-refractivity contribution in [1.82, 2.24) is 0 Å². The van der Waals surface area contributed by atoms with Crippen molar-refractivity contribution in [3.63, 3.8) is 0 Å². The lowest BCUT2D eigenvalue weighted by molar-refractivity contribution is -0.751. The Morgan fingerprint density at radius 2 is 2.15 bits per heavy atom. The Kier molecular flexibility index (Phi) is 1.44. The maximum absolute atomic E-state index is 9.94. The van der Waals surface area contributed by atoms with E-state index >= 15 is 0 Å². The Bertz CT molecular complexity index is 282. The van der Waals surface area contributed by atoms with E-state index in [-0.39, 0.29) is 5.54 Å². The van der Waals surface area contributed by atoms with Crippen LogP contribution in [0.15, 0.2) is 12.2 Å². The predicted molar refractivity (Wildman–Crippen MR) is 50.5 cm³/mol. The normalized spacial score (nSPS) is 47.8. The van der Waals surface area contributed by atoms with E-state index in [1.165, 1.54) is 38.5 Å². The van der Waals surface area contributed by atoms with Gasteiger partial charge in [0, 0.05) is 19.3 Å². The van der Waals surface area contributed by atoms with Gasteiger partial charge in [0.25, 0.3) is 0 Å². The van der Waals surface area contributed by atoms with Crippen molar-refractivity contribution in [3.8, 4) is 0 Å². The first-order valence-corrected chi connectivity index (χ1v) is 5.49. The summed E-state index contributed by atoms with van der Waals surface area (Å²) in [5.74, 6) is 0.661. The molecular formula is C11H16N2. The fourth-order valence-corrected chi connectivity index (χ4v) is 3.59. The minimum absolute atomic E-state index is 0.163. The first-order valence-electron chi connectivity index (χ1n) is 5.49. The smallest absolute Gasteiger partial charge is 0.163 e. The fraction of sp³-hybridized carbons (Fsp3) is 0.818. The van der Waals surface area contributed by atoms with E-state index in [4.69, 9.17) is 0 Å². The molecule has 1 spiro atoms. The predicted octanol–water partition coefficient (Wildman–Crippen LogP) is 2.68. The summed E-state index contributed by atoms with van der Waals surface area (Å²) < 4.78 is 1.68. The highest BCUT2D eigenvalue weighted by Crippen LogP contribution is 2.53. The van der Waals surface area contributed by atoms with E-state index in [9.17, 15) is 5.53 Å². The molecule has 2 bridgehead atoms. The Balaban J connectivity index is 1.99. The van der Waals surface area contributed by atoms with Crippen LogP contribution in [0, 0.1) is 5.92 Å². The quantitative estimate of drug-likeness (QED) is 0.400. The van der Waals surface area contributed by atoms with Crippen LogP contribution in [0.1, 0.15) is 38.5 Å². The molecule has 2 fully saturated rings. The van der Waals surface area contributed by atoms with Crippen LogP contribution in [-0.2, 0) is 0 Å². The van der Waals surface area contributed by atoms with Gasteiger partial charge in [-0.25, -0.2) is 0 Å². The molecule has 2 aliphatic heterocycles. The SMILES string of the molecule is [N-]=[N+]1C2CCCC13CCCC=CC23. The monoisotopic (exact) mass is 176 g/mol. The van der Waals surface area contributed by atoms with Gasteiger partial charge in [-0.3, -0.25) is 0 Å². The number of nitrogens with zero attached hydrogens (tertiary/aromatic N) is 2. The average Bonchev–Trinajstić information content (AvgIpc) is 2.37. The van der Waals surface area contributed by atoms with E-state index in [0.29, 0.717) is 12.0 Å². The summed E-state index contributed by atoms with van der Waals surface area (Å²) in [6.45, 7) is 0. The first-order chi connectivity index (χ1) is 6.34. The number of rotatable bonds is 0. The first kappa shape index (κ1) is 7.72. The van der Waals surface area contributed by atoms with E-state index in [1.807, 2.05) is 0 Å². The number of hydrogen-bond acceptors (Lipinski definition) is 0. The summed E-state index contributed by atoms with van der Waals surface area (Å²) in [6.07, 6.45) is 12.0. The highest BCUT2D eigenvalue weighted by atomic mass is 15.3. The van der Waals surface area contributed by atoms with Crippen molar-refractivity contribution in [2.24, 2.45) is 5.92 Å². The molecule has 0 aromatic rings. The Morgan fingerprint density at radius 1 is 1.31 bits per heavy atom. The largest absolute Gasteiger partial charge is 0.506 e. The van der Waals surface area contributed by atoms with Crippen LogP contribution in [-0.4, -0.2) is 16.3 Å². The molecule has 3 rings (SSSR count). The Labute approximate surface area is 79.1 Å². The zero-order valence-corrected chi connectivity index (χ0v) is 7.95. The second-order valence-electron chi connectivity index (χ2n) is 4.75. The van der Waals surface area contributed by atoms with Crippen molar-refractivity contribution in [2.75, 3.05) is 0 Å². The van der Waals surface area contributed by atoms with Crippen molar-refractivity contribution in [3.05, 3.63) is 17.7 Å². The van der Waals surface area contributed by atoms with Crippen molar-refractivity contribution < 1.29 is 4.70 Å². The molecule has 0 saturated carbocycles. The number of fused-ring (bicyclic) bond motifs is 2. The minimum atomic E-state index is 0.163. The van der Waals surface area contributed by atoms with Gasteiger partial charge in [0.2, 0.25) is 0 Å². The highest BCUT2D eigenvalue weighted by molar-refractivity contribution is 5.13.